The summed E-state index contributed by atoms with van der Waals surface area (Å²) >= 11 is 0. The first-order chi connectivity index (χ1) is 4.56. The molecule has 10 heavy (non-hydrogen) atoms. The number of unbranched alkanes of at least 4 members (excludes halogenated alkanes) is 1. The highest BCUT2D eigenvalue weighted by Gasteiger charge is 2.20. The first kappa shape index (κ1) is 9.63. The van der Waals surface area contributed by atoms with Crippen molar-refractivity contribution in [3.05, 3.63) is 0 Å². The molecule has 0 heterocycles. The molecule has 0 aromatic carbocycles. The summed E-state index contributed by atoms with van der Waals surface area (Å²) in [4.78, 5) is 10.9. The summed E-state index contributed by atoms with van der Waals surface area (Å²) in [7, 11) is -2.57. The third-order valence-corrected chi connectivity index (χ3v) is 1.78. The lowest BCUT2D eigenvalue weighted by molar-refractivity contribution is 0.208. The number of nitrogens with zero attached hydrogens (tertiary/aromatic N) is 1. The summed E-state index contributed by atoms with van der Waals surface area (Å²) in [6.45, 7) is 3.63. The van der Waals surface area contributed by atoms with Gasteiger partial charge in [-0.2, -0.15) is 5.26 Å². The molecule has 0 aliphatic heterocycles. The van der Waals surface area contributed by atoms with E-state index in [1.54, 1.807) is 13.1 Å². The van der Waals surface area contributed by atoms with Crippen LogP contribution < -0.4 is 0 Å². The lowest BCUT2D eigenvalue weighted by Crippen LogP contribution is -2.28. The minimum atomic E-state index is -2.57. The van der Waals surface area contributed by atoms with Crippen LogP contribution in [0.5, 0.6) is 0 Å². The van der Waals surface area contributed by atoms with Gasteiger partial charge in [-0.1, -0.05) is 0 Å². The van der Waals surface area contributed by atoms with Gasteiger partial charge in [-0.3, -0.25) is 4.80 Å². The van der Waals surface area contributed by atoms with Gasteiger partial charge < -0.3 is 4.43 Å². The third kappa shape index (κ3) is 7.63. The molecule has 0 aliphatic rings. The summed E-state index contributed by atoms with van der Waals surface area (Å²) in [6.07, 6.45) is 1.15. The Morgan fingerprint density at radius 3 is 2.60 bits per heavy atom. The maximum Gasteiger partial charge on any atom is 0.367 e. The van der Waals surface area contributed by atoms with Gasteiger partial charge in [0.05, 0.1) is 6.07 Å². The number of nitriles is 1. The normalized spacial score (nSPS) is 11.0. The van der Waals surface area contributed by atoms with Crippen molar-refractivity contribution in [2.24, 2.45) is 0 Å². The first-order valence-electron chi connectivity index (χ1n) is 3.27. The Balaban J connectivity index is 3.14. The molecule has 0 unspecified atom stereocenters. The van der Waals surface area contributed by atoms with Crippen molar-refractivity contribution in [2.45, 2.75) is 25.9 Å². The van der Waals surface area contributed by atoms with Crippen LogP contribution in [-0.2, 0) is 9.22 Å². The number of hydrogen-bond acceptors (Lipinski definition) is 2. The second kappa shape index (κ2) is 4.44. The Labute approximate surface area is 62.5 Å². The molecule has 0 amide bonds. The largest absolute Gasteiger partial charge is 0.393 e. The van der Waals surface area contributed by atoms with E-state index in [1.807, 2.05) is 6.07 Å². The van der Waals surface area contributed by atoms with E-state index in [4.69, 9.17) is 9.69 Å². The van der Waals surface area contributed by atoms with Gasteiger partial charge in [0.1, 0.15) is 0 Å². The Morgan fingerprint density at radius 1 is 1.60 bits per heavy atom. The molecule has 0 aromatic heterocycles. The van der Waals surface area contributed by atoms with Crippen LogP contribution in [0, 0.1) is 11.3 Å². The van der Waals surface area contributed by atoms with Crippen LogP contribution in [0.2, 0.25) is 13.1 Å². The molecule has 0 aromatic rings. The van der Waals surface area contributed by atoms with Gasteiger partial charge in [0, 0.05) is 13.0 Å². The van der Waals surface area contributed by atoms with Gasteiger partial charge in [0.2, 0.25) is 0 Å². The van der Waals surface area contributed by atoms with Crippen molar-refractivity contribution in [1.29, 1.82) is 5.26 Å². The average molecular weight is 158 g/mol. The Kier molecular flexibility index (Phi) is 4.28. The van der Waals surface area contributed by atoms with Crippen molar-refractivity contribution < 1.29 is 9.22 Å². The van der Waals surface area contributed by atoms with Gasteiger partial charge in [0.25, 0.3) is 0 Å². The highest BCUT2D eigenvalue weighted by Crippen LogP contribution is 2.00. The van der Waals surface area contributed by atoms with E-state index in [0.29, 0.717) is 19.4 Å². The van der Waals surface area contributed by atoms with Crippen LogP contribution in [0.3, 0.4) is 0 Å². The monoisotopic (exact) mass is 158 g/mol. The average Bonchev–Trinajstić information content (AvgIpc) is 1.78. The summed E-state index contributed by atoms with van der Waals surface area (Å²) in [5, 5.41) is 8.12. The quantitative estimate of drug-likeness (QED) is 0.459. The van der Waals surface area contributed by atoms with E-state index >= 15 is 0 Å². The van der Waals surface area contributed by atoms with E-state index in [1.165, 1.54) is 0 Å². The second-order valence-corrected chi connectivity index (χ2v) is 5.60. The van der Waals surface area contributed by atoms with E-state index in [2.05, 4.69) is 0 Å². The highest BCUT2D eigenvalue weighted by atomic mass is 28.4. The fourth-order valence-corrected chi connectivity index (χ4v) is 1.11. The first-order valence-corrected chi connectivity index (χ1v) is 6.09. The van der Waals surface area contributed by atoms with Gasteiger partial charge in [-0.25, -0.2) is 0 Å². The van der Waals surface area contributed by atoms with Crippen LogP contribution >= 0.6 is 0 Å². The van der Waals surface area contributed by atoms with Gasteiger partial charge in [-0.15, -0.1) is 0 Å². The maximum absolute atomic E-state index is 10.9. The Hall–Kier alpha value is -0.373. The Bertz CT molecular complexity index is 125. The van der Waals surface area contributed by atoms with E-state index in [9.17, 15) is 4.80 Å². The van der Waals surface area contributed by atoms with E-state index in [0.717, 1.165) is 0 Å². The molecular weight excluding hydrogens is 146 g/mol. The van der Waals surface area contributed by atoms with Crippen molar-refractivity contribution in [1.82, 2.24) is 0 Å². The molecule has 0 aliphatic carbocycles. The zero-order valence-corrected chi connectivity index (χ0v) is 7.39. The summed E-state index contributed by atoms with van der Waals surface area (Å²) < 4.78 is 4.96. The van der Waals surface area contributed by atoms with Gasteiger partial charge >= 0.3 is 8.56 Å². The second-order valence-electron chi connectivity index (χ2n) is 2.51. The molecule has 1 radical (unpaired) electrons. The summed E-state index contributed by atoms with van der Waals surface area (Å²) in [5.74, 6) is 0. The van der Waals surface area contributed by atoms with Crippen LogP contribution in [-0.4, -0.2) is 15.2 Å². The molecule has 0 spiro atoms. The molecule has 0 bridgehead atoms. The fraction of sp³-hybridized carbons (Fsp3) is 0.833. The van der Waals surface area contributed by atoms with Crippen molar-refractivity contribution >= 4 is 8.56 Å². The molecule has 4 heteroatoms. The van der Waals surface area contributed by atoms with Crippen LogP contribution in [0.1, 0.15) is 12.8 Å². The SMILES string of the molecule is C[Si](C)([O])OCCCC#N. The molecule has 0 saturated heterocycles. The van der Waals surface area contributed by atoms with Crippen LogP contribution in [0.4, 0.5) is 0 Å². The summed E-state index contributed by atoms with van der Waals surface area (Å²) in [5.41, 5.74) is 0. The van der Waals surface area contributed by atoms with Crippen molar-refractivity contribution in [2.75, 3.05) is 6.61 Å². The minimum Gasteiger partial charge on any atom is -0.393 e. The maximum atomic E-state index is 10.9. The molecule has 0 N–H and O–H groups in total. The van der Waals surface area contributed by atoms with E-state index < -0.39 is 8.56 Å². The Morgan fingerprint density at radius 2 is 2.20 bits per heavy atom. The number of rotatable bonds is 4. The molecule has 0 saturated carbocycles. The fourth-order valence-electron chi connectivity index (χ4n) is 0.469. The smallest absolute Gasteiger partial charge is 0.367 e. The molecule has 3 nitrogen and oxygen atoms in total. The van der Waals surface area contributed by atoms with Crippen molar-refractivity contribution in [3.63, 3.8) is 0 Å². The van der Waals surface area contributed by atoms with Crippen molar-refractivity contribution in [3.8, 4) is 6.07 Å². The van der Waals surface area contributed by atoms with Crippen LogP contribution in [0.25, 0.3) is 0 Å². The van der Waals surface area contributed by atoms with Gasteiger partial charge in [-0.05, 0) is 19.5 Å². The van der Waals surface area contributed by atoms with Gasteiger partial charge in [0.15, 0.2) is 0 Å². The zero-order chi connectivity index (χ0) is 8.04. The molecular formula is C6H12NO2Si. The van der Waals surface area contributed by atoms with Crippen LogP contribution in [0.15, 0.2) is 0 Å². The zero-order valence-electron chi connectivity index (χ0n) is 6.39. The minimum absolute atomic E-state index is 0.441. The molecule has 0 atom stereocenters. The molecule has 0 fully saturated rings. The standard InChI is InChI=1S/C6H12NO2Si/c1-10(2,8)9-6-4-3-5-7/h3-4,6H2,1-2H3. The molecule has 0 rings (SSSR count). The topological polar surface area (TPSA) is 52.9 Å². The highest BCUT2D eigenvalue weighted by molar-refractivity contribution is 6.62. The lowest BCUT2D eigenvalue weighted by atomic mass is 10.4. The lowest BCUT2D eigenvalue weighted by Gasteiger charge is -2.10. The number of hydrogen-bond donors (Lipinski definition) is 0. The predicted molar refractivity (Wildman–Crippen MR) is 39.0 cm³/mol. The third-order valence-electron chi connectivity index (χ3n) is 0.883. The van der Waals surface area contributed by atoms with E-state index in [-0.39, 0.29) is 0 Å². The predicted octanol–water partition coefficient (Wildman–Crippen LogP) is 1.44. The molecule has 57 valence electrons. The summed E-state index contributed by atoms with van der Waals surface area (Å²) in [6, 6.07) is 1.99.